The highest BCUT2D eigenvalue weighted by molar-refractivity contribution is 14.0. The van der Waals surface area contributed by atoms with Gasteiger partial charge in [0.25, 0.3) is 0 Å². The van der Waals surface area contributed by atoms with Crippen LogP contribution in [-0.4, -0.2) is 48.6 Å². The Hall–Kier alpha value is -1.68. The van der Waals surface area contributed by atoms with Gasteiger partial charge in [-0.15, -0.1) is 24.0 Å². The van der Waals surface area contributed by atoms with Gasteiger partial charge in [-0.2, -0.15) is 5.10 Å². The molecule has 0 radical (unpaired) electrons. The molecule has 0 saturated heterocycles. The first kappa shape index (κ1) is 24.6. The SMILES string of the molecule is CN=C(NCCCOC1CCCCC1)NCCc1ccn(-c2ccc(F)cc2)n1.I. The van der Waals surface area contributed by atoms with Gasteiger partial charge in [0.05, 0.1) is 17.5 Å². The molecule has 1 saturated carbocycles. The Labute approximate surface area is 195 Å². The van der Waals surface area contributed by atoms with Gasteiger partial charge in [0.2, 0.25) is 0 Å². The van der Waals surface area contributed by atoms with E-state index in [9.17, 15) is 4.39 Å². The van der Waals surface area contributed by atoms with Gasteiger partial charge in [0, 0.05) is 39.4 Å². The van der Waals surface area contributed by atoms with Gasteiger partial charge in [-0.3, -0.25) is 4.99 Å². The number of ether oxygens (including phenoxy) is 1. The summed E-state index contributed by atoms with van der Waals surface area (Å²) in [7, 11) is 1.77. The number of aliphatic imine (C=N–C) groups is 1. The smallest absolute Gasteiger partial charge is 0.190 e. The van der Waals surface area contributed by atoms with Crippen molar-refractivity contribution >= 4 is 29.9 Å². The van der Waals surface area contributed by atoms with Crippen molar-refractivity contribution in [3.8, 4) is 5.69 Å². The number of nitrogens with zero attached hydrogens (tertiary/aromatic N) is 3. The molecule has 0 spiro atoms. The first-order valence-corrected chi connectivity index (χ1v) is 10.6. The summed E-state index contributed by atoms with van der Waals surface area (Å²) in [5, 5.41) is 11.2. The third-order valence-electron chi connectivity index (χ3n) is 5.15. The second kappa shape index (κ2) is 13.6. The molecule has 1 aromatic carbocycles. The maximum absolute atomic E-state index is 13.0. The van der Waals surface area contributed by atoms with Crippen molar-refractivity contribution in [3.63, 3.8) is 0 Å². The molecule has 30 heavy (non-hydrogen) atoms. The molecule has 1 aliphatic carbocycles. The van der Waals surface area contributed by atoms with E-state index in [1.165, 1.54) is 44.2 Å². The van der Waals surface area contributed by atoms with E-state index in [4.69, 9.17) is 4.74 Å². The summed E-state index contributed by atoms with van der Waals surface area (Å²) in [6.45, 7) is 2.37. The number of halogens is 2. The Kier molecular flexibility index (Phi) is 11.1. The highest BCUT2D eigenvalue weighted by Crippen LogP contribution is 2.20. The van der Waals surface area contributed by atoms with E-state index >= 15 is 0 Å². The van der Waals surface area contributed by atoms with E-state index in [0.29, 0.717) is 6.10 Å². The van der Waals surface area contributed by atoms with Crippen molar-refractivity contribution in [2.45, 2.75) is 51.0 Å². The quantitative estimate of drug-likeness (QED) is 0.223. The lowest BCUT2D eigenvalue weighted by Gasteiger charge is -2.22. The Morgan fingerprint density at radius 3 is 2.60 bits per heavy atom. The fourth-order valence-electron chi connectivity index (χ4n) is 3.52. The average molecular weight is 529 g/mol. The van der Waals surface area contributed by atoms with Crippen molar-refractivity contribution in [2.24, 2.45) is 4.99 Å². The summed E-state index contributed by atoms with van der Waals surface area (Å²) in [6.07, 6.45) is 10.5. The van der Waals surface area contributed by atoms with Crippen LogP contribution in [0.4, 0.5) is 4.39 Å². The number of rotatable bonds is 9. The van der Waals surface area contributed by atoms with Crippen LogP contribution in [0.25, 0.3) is 5.69 Å². The van der Waals surface area contributed by atoms with Crippen LogP contribution in [0, 0.1) is 5.82 Å². The van der Waals surface area contributed by atoms with Crippen LogP contribution in [-0.2, 0) is 11.2 Å². The van der Waals surface area contributed by atoms with Gasteiger partial charge < -0.3 is 15.4 Å². The first-order valence-electron chi connectivity index (χ1n) is 10.6. The third-order valence-corrected chi connectivity index (χ3v) is 5.15. The summed E-state index contributed by atoms with van der Waals surface area (Å²) in [6, 6.07) is 8.29. The van der Waals surface area contributed by atoms with Gasteiger partial charge in [-0.1, -0.05) is 19.3 Å². The largest absolute Gasteiger partial charge is 0.378 e. The fraction of sp³-hybridized carbons (Fsp3) is 0.545. The number of aromatic nitrogens is 2. The lowest BCUT2D eigenvalue weighted by atomic mass is 9.98. The molecule has 1 fully saturated rings. The highest BCUT2D eigenvalue weighted by atomic mass is 127. The van der Waals surface area contributed by atoms with Gasteiger partial charge in [0.1, 0.15) is 5.82 Å². The molecule has 0 unspecified atom stereocenters. The van der Waals surface area contributed by atoms with Crippen LogP contribution in [0.3, 0.4) is 0 Å². The van der Waals surface area contributed by atoms with Crippen LogP contribution < -0.4 is 10.6 Å². The topological polar surface area (TPSA) is 63.5 Å². The van der Waals surface area contributed by atoms with E-state index in [2.05, 4.69) is 20.7 Å². The summed E-state index contributed by atoms with van der Waals surface area (Å²) >= 11 is 0. The molecule has 1 aromatic heterocycles. The molecule has 0 bridgehead atoms. The second-order valence-corrected chi connectivity index (χ2v) is 7.39. The predicted octanol–water partition coefficient (Wildman–Crippen LogP) is 4.08. The van der Waals surface area contributed by atoms with Gasteiger partial charge in [0.15, 0.2) is 5.96 Å². The molecule has 1 heterocycles. The number of benzene rings is 1. The standard InChI is InChI=1S/C22H32FN5O.HI/c1-24-22(25-14-5-17-29-21-6-3-2-4-7-21)26-15-12-19-13-16-28(27-19)20-10-8-18(23)9-11-20;/h8-11,13,16,21H,2-7,12,14-15,17H2,1H3,(H2,24,25,26);1H. The molecule has 1 aliphatic rings. The third kappa shape index (κ3) is 8.22. The number of hydrogen-bond donors (Lipinski definition) is 2. The zero-order valence-corrected chi connectivity index (χ0v) is 20.0. The van der Waals surface area contributed by atoms with Crippen molar-refractivity contribution in [1.29, 1.82) is 0 Å². The summed E-state index contributed by atoms with van der Waals surface area (Å²) in [4.78, 5) is 4.26. The predicted molar refractivity (Wildman–Crippen MR) is 129 cm³/mol. The van der Waals surface area contributed by atoms with Gasteiger partial charge in [-0.05, 0) is 49.6 Å². The van der Waals surface area contributed by atoms with Crippen LogP contribution in [0.2, 0.25) is 0 Å². The number of nitrogens with one attached hydrogen (secondary N) is 2. The minimum absolute atomic E-state index is 0. The molecule has 2 N–H and O–H groups in total. The van der Waals surface area contributed by atoms with Gasteiger partial charge in [-0.25, -0.2) is 9.07 Å². The van der Waals surface area contributed by atoms with Crippen LogP contribution >= 0.6 is 24.0 Å². The zero-order valence-electron chi connectivity index (χ0n) is 17.6. The Balaban J connectivity index is 0.00000320. The lowest BCUT2D eigenvalue weighted by molar-refractivity contribution is 0.0277. The van der Waals surface area contributed by atoms with Crippen molar-refractivity contribution in [3.05, 3.63) is 48.0 Å². The molecule has 8 heteroatoms. The Morgan fingerprint density at radius 2 is 1.87 bits per heavy atom. The first-order chi connectivity index (χ1) is 14.2. The summed E-state index contributed by atoms with van der Waals surface area (Å²) < 4.78 is 20.7. The molecule has 0 amide bonds. The van der Waals surface area contributed by atoms with Crippen LogP contribution in [0.15, 0.2) is 41.5 Å². The van der Waals surface area contributed by atoms with Crippen molar-refractivity contribution in [2.75, 3.05) is 26.7 Å². The van der Waals surface area contributed by atoms with E-state index < -0.39 is 0 Å². The summed E-state index contributed by atoms with van der Waals surface area (Å²) in [5.41, 5.74) is 1.82. The van der Waals surface area contributed by atoms with Gasteiger partial charge >= 0.3 is 0 Å². The number of hydrogen-bond acceptors (Lipinski definition) is 3. The molecule has 2 aromatic rings. The van der Waals surface area contributed by atoms with Crippen molar-refractivity contribution in [1.82, 2.24) is 20.4 Å². The summed E-state index contributed by atoms with van der Waals surface area (Å²) in [5.74, 6) is 0.547. The normalized spacial score (nSPS) is 14.9. The molecule has 3 rings (SSSR count). The molecule has 6 nitrogen and oxygen atoms in total. The van der Waals surface area contributed by atoms with E-state index in [0.717, 1.165) is 49.9 Å². The van der Waals surface area contributed by atoms with Crippen LogP contribution in [0.5, 0.6) is 0 Å². The van der Waals surface area contributed by atoms with E-state index in [1.54, 1.807) is 23.9 Å². The monoisotopic (exact) mass is 529 g/mol. The second-order valence-electron chi connectivity index (χ2n) is 7.39. The Bertz CT molecular complexity index is 759. The molecule has 0 aliphatic heterocycles. The molecule has 0 atom stereocenters. The Morgan fingerprint density at radius 1 is 1.13 bits per heavy atom. The maximum atomic E-state index is 13.0. The van der Waals surface area contributed by atoms with E-state index in [1.807, 2.05) is 12.3 Å². The molecular weight excluding hydrogens is 496 g/mol. The average Bonchev–Trinajstić information content (AvgIpc) is 3.22. The van der Waals surface area contributed by atoms with Crippen molar-refractivity contribution < 1.29 is 9.13 Å². The highest BCUT2D eigenvalue weighted by Gasteiger charge is 2.13. The minimum atomic E-state index is -0.246. The van der Waals surface area contributed by atoms with E-state index in [-0.39, 0.29) is 29.8 Å². The molecule has 166 valence electrons. The molecular formula is C22H33FIN5O. The zero-order chi connectivity index (χ0) is 20.3. The maximum Gasteiger partial charge on any atom is 0.190 e. The fourth-order valence-corrected chi connectivity index (χ4v) is 3.52. The lowest BCUT2D eigenvalue weighted by Crippen LogP contribution is -2.39. The number of guanidine groups is 1. The minimum Gasteiger partial charge on any atom is -0.378 e. The van der Waals surface area contributed by atoms with Crippen LogP contribution in [0.1, 0.15) is 44.2 Å².